The summed E-state index contributed by atoms with van der Waals surface area (Å²) in [7, 11) is 1.59. The van der Waals surface area contributed by atoms with Gasteiger partial charge >= 0.3 is 0 Å². The molecule has 1 fully saturated rings. The molecule has 1 aliphatic rings. The summed E-state index contributed by atoms with van der Waals surface area (Å²) in [5, 5.41) is 0. The molecule has 2 rings (SSSR count). The van der Waals surface area contributed by atoms with Crippen LogP contribution < -0.4 is 0 Å². The highest BCUT2D eigenvalue weighted by atomic mass is 16.5. The number of aldehydes is 1. The minimum Gasteiger partial charge on any atom is -0.497 e. The molecule has 130 valence electrons. The number of allylic oxidation sites excluding steroid dienone is 3. The van der Waals surface area contributed by atoms with Gasteiger partial charge in [-0.2, -0.15) is 0 Å². The summed E-state index contributed by atoms with van der Waals surface area (Å²) in [4.78, 5) is 10.5. The Labute approximate surface area is 146 Å². The molecule has 0 amide bonds. The first kappa shape index (κ1) is 20.0. The van der Waals surface area contributed by atoms with Gasteiger partial charge in [-0.1, -0.05) is 68.8 Å². The predicted octanol–water partition coefficient (Wildman–Crippen LogP) is 6.07. The van der Waals surface area contributed by atoms with Crippen molar-refractivity contribution in [2.24, 2.45) is 5.92 Å². The molecule has 2 heteroatoms. The topological polar surface area (TPSA) is 26.3 Å². The number of carbonyl (C=O) groups is 1. The molecule has 0 aliphatic heterocycles. The van der Waals surface area contributed by atoms with E-state index in [1.807, 2.05) is 25.1 Å². The molecular formula is C22H30O2. The molecular weight excluding hydrogens is 296 g/mol. The van der Waals surface area contributed by atoms with Crippen molar-refractivity contribution in [3.8, 4) is 0 Å². The van der Waals surface area contributed by atoms with Crippen LogP contribution in [0.4, 0.5) is 0 Å². The highest BCUT2D eigenvalue weighted by Crippen LogP contribution is 2.35. The van der Waals surface area contributed by atoms with Crippen LogP contribution in [0, 0.1) is 5.92 Å². The second kappa shape index (κ2) is 10.6. The number of methoxy groups -OCH3 is 1. The first-order valence-corrected chi connectivity index (χ1v) is 8.57. The molecule has 0 N–H and O–H groups in total. The Morgan fingerprint density at radius 2 is 1.67 bits per heavy atom. The van der Waals surface area contributed by atoms with Gasteiger partial charge in [-0.25, -0.2) is 0 Å². The van der Waals surface area contributed by atoms with Crippen LogP contribution >= 0.6 is 0 Å². The number of rotatable bonds is 5. The normalized spacial score (nSPS) is 20.0. The summed E-state index contributed by atoms with van der Waals surface area (Å²) < 4.78 is 4.78. The lowest BCUT2D eigenvalue weighted by atomic mass is 9.79. The third-order valence-electron chi connectivity index (χ3n) is 4.38. The van der Waals surface area contributed by atoms with E-state index in [-0.39, 0.29) is 0 Å². The van der Waals surface area contributed by atoms with Gasteiger partial charge in [0, 0.05) is 5.56 Å². The van der Waals surface area contributed by atoms with Gasteiger partial charge < -0.3 is 4.74 Å². The van der Waals surface area contributed by atoms with Crippen LogP contribution in [0.3, 0.4) is 0 Å². The minimum absolute atomic E-state index is 0.651. The molecule has 1 aromatic carbocycles. The molecule has 1 aromatic rings. The fourth-order valence-corrected chi connectivity index (χ4v) is 2.74. The quantitative estimate of drug-likeness (QED) is 0.373. The predicted molar refractivity (Wildman–Crippen MR) is 102 cm³/mol. The summed E-state index contributed by atoms with van der Waals surface area (Å²) in [6.45, 7) is 11.5. The zero-order chi connectivity index (χ0) is 17.9. The van der Waals surface area contributed by atoms with Gasteiger partial charge in [0.05, 0.1) is 7.11 Å². The monoisotopic (exact) mass is 326 g/mol. The Morgan fingerprint density at radius 3 is 2.12 bits per heavy atom. The van der Waals surface area contributed by atoms with Gasteiger partial charge in [-0.15, -0.1) is 0 Å². The molecule has 0 saturated heterocycles. The van der Waals surface area contributed by atoms with Gasteiger partial charge in [0.2, 0.25) is 0 Å². The smallest absolute Gasteiger partial charge is 0.150 e. The van der Waals surface area contributed by atoms with Crippen LogP contribution in [0.5, 0.6) is 0 Å². The van der Waals surface area contributed by atoms with Crippen molar-refractivity contribution < 1.29 is 9.53 Å². The van der Waals surface area contributed by atoms with Crippen molar-refractivity contribution >= 4 is 6.29 Å². The molecule has 0 heterocycles. The molecule has 0 radical (unpaired) electrons. The summed E-state index contributed by atoms with van der Waals surface area (Å²) in [6, 6.07) is 8.09. The van der Waals surface area contributed by atoms with E-state index in [1.54, 1.807) is 13.2 Å². The van der Waals surface area contributed by atoms with E-state index >= 15 is 0 Å². The van der Waals surface area contributed by atoms with Gasteiger partial charge in [-0.05, 0) is 43.2 Å². The average molecular weight is 326 g/mol. The lowest BCUT2D eigenvalue weighted by Crippen LogP contribution is -2.10. The molecule has 0 bridgehead atoms. The first-order chi connectivity index (χ1) is 11.5. The maximum absolute atomic E-state index is 10.5. The molecule has 1 aliphatic carbocycles. The van der Waals surface area contributed by atoms with E-state index in [9.17, 15) is 4.79 Å². The molecule has 2 nitrogen and oxygen atoms in total. The van der Waals surface area contributed by atoms with Crippen LogP contribution in [0.1, 0.15) is 61.4 Å². The van der Waals surface area contributed by atoms with Gasteiger partial charge in [-0.3, -0.25) is 4.79 Å². The fraction of sp³-hybridized carbons (Fsp3) is 0.409. The van der Waals surface area contributed by atoms with E-state index in [2.05, 4.69) is 32.2 Å². The summed E-state index contributed by atoms with van der Waals surface area (Å²) in [5.41, 5.74) is 3.18. The standard InChI is InChI=1S/C14H18O.C8H12O/c1-11-2-6-13(7-3-11)14-8-4-12(10-15)5-9-14;1-7(2)5-6-8(3)9-4/h4-5,8-11,13H,2-3,6-7H2,1H3;5-6H,1,3H2,2,4H3/b;6-5-. The largest absolute Gasteiger partial charge is 0.497 e. The van der Waals surface area contributed by atoms with Gasteiger partial charge in [0.15, 0.2) is 0 Å². The average Bonchev–Trinajstić information content (AvgIpc) is 2.61. The van der Waals surface area contributed by atoms with Crippen LogP contribution in [0.25, 0.3) is 0 Å². The van der Waals surface area contributed by atoms with Gasteiger partial charge in [0.1, 0.15) is 12.0 Å². The highest BCUT2D eigenvalue weighted by molar-refractivity contribution is 5.74. The Bertz CT molecular complexity index is 558. The van der Waals surface area contributed by atoms with E-state index < -0.39 is 0 Å². The van der Waals surface area contributed by atoms with Gasteiger partial charge in [0.25, 0.3) is 0 Å². The van der Waals surface area contributed by atoms with E-state index in [4.69, 9.17) is 4.74 Å². The number of hydrogen-bond acceptors (Lipinski definition) is 2. The molecule has 0 aromatic heterocycles. The zero-order valence-electron chi connectivity index (χ0n) is 15.3. The number of ether oxygens (including phenoxy) is 1. The SMILES string of the molecule is C=C(C)/C=C\C(=C)OC.CC1CCC(c2ccc(C=O)cc2)CC1. The summed E-state index contributed by atoms with van der Waals surface area (Å²) >= 11 is 0. The number of hydrogen-bond donors (Lipinski definition) is 0. The minimum atomic E-state index is 0.651. The summed E-state index contributed by atoms with van der Waals surface area (Å²) in [6.07, 6.45) is 9.85. The van der Waals surface area contributed by atoms with Crippen molar-refractivity contribution in [3.05, 3.63) is 72.0 Å². The van der Waals surface area contributed by atoms with Crippen molar-refractivity contribution in [2.75, 3.05) is 7.11 Å². The fourth-order valence-electron chi connectivity index (χ4n) is 2.74. The lowest BCUT2D eigenvalue weighted by molar-refractivity contribution is 0.112. The van der Waals surface area contributed by atoms with E-state index in [1.165, 1.54) is 31.2 Å². The maximum atomic E-state index is 10.5. The summed E-state index contributed by atoms with van der Waals surface area (Å²) in [5.74, 6) is 2.27. The molecule has 0 unspecified atom stereocenters. The number of carbonyl (C=O) groups excluding carboxylic acids is 1. The Morgan fingerprint density at radius 1 is 1.08 bits per heavy atom. The highest BCUT2D eigenvalue weighted by Gasteiger charge is 2.19. The van der Waals surface area contributed by atoms with E-state index in [0.29, 0.717) is 5.76 Å². The van der Waals surface area contributed by atoms with Crippen molar-refractivity contribution in [1.29, 1.82) is 0 Å². The zero-order valence-corrected chi connectivity index (χ0v) is 15.3. The lowest BCUT2D eigenvalue weighted by Gasteiger charge is -2.26. The van der Waals surface area contributed by atoms with Crippen molar-refractivity contribution in [3.63, 3.8) is 0 Å². The van der Waals surface area contributed by atoms with Crippen molar-refractivity contribution in [2.45, 2.75) is 45.4 Å². The third kappa shape index (κ3) is 7.45. The van der Waals surface area contributed by atoms with Crippen LogP contribution in [0.15, 0.2) is 60.9 Å². The third-order valence-corrected chi connectivity index (χ3v) is 4.38. The first-order valence-electron chi connectivity index (χ1n) is 8.57. The van der Waals surface area contributed by atoms with Crippen LogP contribution in [-0.2, 0) is 4.74 Å². The Hall–Kier alpha value is -2.09. The molecule has 0 atom stereocenters. The Balaban J connectivity index is 0.000000277. The molecule has 0 spiro atoms. The molecule has 24 heavy (non-hydrogen) atoms. The maximum Gasteiger partial charge on any atom is 0.150 e. The Kier molecular flexibility index (Phi) is 8.85. The second-order valence-electron chi connectivity index (χ2n) is 6.59. The number of benzene rings is 1. The van der Waals surface area contributed by atoms with Crippen LogP contribution in [-0.4, -0.2) is 13.4 Å². The second-order valence-corrected chi connectivity index (χ2v) is 6.59. The van der Waals surface area contributed by atoms with Crippen LogP contribution in [0.2, 0.25) is 0 Å². The van der Waals surface area contributed by atoms with E-state index in [0.717, 1.165) is 29.3 Å². The molecule has 1 saturated carbocycles. The van der Waals surface area contributed by atoms with Crippen molar-refractivity contribution in [1.82, 2.24) is 0 Å².